The molecule has 54 heavy (non-hydrogen) atoms. The molecule has 1 aliphatic carbocycles. The normalized spacial score (nSPS) is 13.1. The molecule has 0 bridgehead atoms. The fourth-order valence-corrected chi connectivity index (χ4v) is 7.84. The average molecular weight is 695 g/mol. The summed E-state index contributed by atoms with van der Waals surface area (Å²) in [6.45, 7) is 0. The summed E-state index contributed by atoms with van der Waals surface area (Å²) >= 11 is 0. The molecule has 254 valence electrons. The van der Waals surface area contributed by atoms with Gasteiger partial charge in [-0.3, -0.25) is 4.98 Å². The standard InChI is InChI=1S/C48H30N4O2/c1-2-10-31(11-3-1)46-50-47(32-25-26-37-36-12-4-5-19-41(36)53-43(37)28-32)52-48(51-46)39-16-8-20-42-44(39)38-15-6-14-34(45(38)54-42)30-23-21-29(22-24-30)33-13-7-18-40-35(33)17-9-27-49-40/h2,4-28H,1,3H2. The Kier molecular flexibility index (Phi) is 6.89. The maximum atomic E-state index is 6.70. The minimum Gasteiger partial charge on any atom is -0.456 e. The molecule has 0 N–H and O–H groups in total. The molecule has 0 unspecified atom stereocenters. The van der Waals surface area contributed by atoms with Gasteiger partial charge in [0.25, 0.3) is 0 Å². The Morgan fingerprint density at radius 3 is 2.07 bits per heavy atom. The van der Waals surface area contributed by atoms with E-state index in [0.717, 1.165) is 107 Å². The number of benzene rings is 6. The summed E-state index contributed by atoms with van der Waals surface area (Å²) < 4.78 is 13.0. The van der Waals surface area contributed by atoms with Crippen molar-refractivity contribution in [3.63, 3.8) is 0 Å². The Labute approximate surface area is 309 Å². The molecule has 0 atom stereocenters. The largest absolute Gasteiger partial charge is 0.456 e. The predicted octanol–water partition coefficient (Wildman–Crippen LogP) is 12.6. The van der Waals surface area contributed by atoms with Crippen LogP contribution in [0, 0.1) is 0 Å². The van der Waals surface area contributed by atoms with Crippen molar-refractivity contribution >= 4 is 60.4 Å². The number of allylic oxidation sites excluding steroid dienone is 4. The first kappa shape index (κ1) is 30.4. The Bertz CT molecular complexity index is 3160. The minimum atomic E-state index is 0.588. The number of para-hydroxylation sites is 2. The van der Waals surface area contributed by atoms with Gasteiger partial charge in [0, 0.05) is 55.4 Å². The maximum Gasteiger partial charge on any atom is 0.164 e. The third-order valence-corrected chi connectivity index (χ3v) is 10.4. The summed E-state index contributed by atoms with van der Waals surface area (Å²) in [6.07, 6.45) is 10.3. The minimum absolute atomic E-state index is 0.588. The summed E-state index contributed by atoms with van der Waals surface area (Å²) in [5.41, 5.74) is 11.4. The van der Waals surface area contributed by atoms with Crippen molar-refractivity contribution in [2.24, 2.45) is 0 Å². The second kappa shape index (κ2) is 12.2. The van der Waals surface area contributed by atoms with Gasteiger partial charge < -0.3 is 8.83 Å². The molecule has 4 heterocycles. The van der Waals surface area contributed by atoms with Gasteiger partial charge in [0.05, 0.1) is 5.52 Å². The Morgan fingerprint density at radius 1 is 0.463 bits per heavy atom. The molecule has 0 amide bonds. The highest BCUT2D eigenvalue weighted by atomic mass is 16.3. The van der Waals surface area contributed by atoms with Crippen LogP contribution >= 0.6 is 0 Å². The molecule has 6 aromatic carbocycles. The molecule has 10 aromatic rings. The lowest BCUT2D eigenvalue weighted by Crippen LogP contribution is -2.03. The number of aromatic nitrogens is 4. The zero-order valence-corrected chi connectivity index (χ0v) is 29.0. The lowest BCUT2D eigenvalue weighted by molar-refractivity contribution is 0.669. The average Bonchev–Trinajstić information content (AvgIpc) is 3.82. The molecule has 0 fully saturated rings. The van der Waals surface area contributed by atoms with Gasteiger partial charge in [0.2, 0.25) is 0 Å². The SMILES string of the molecule is C1=CC(c2nc(-c3ccc4c(c3)oc3ccccc34)nc(-c3cccc4oc5c(-c6ccc(-c7cccc8ncccc78)cc6)cccc5c34)n2)=CCC1. The van der Waals surface area contributed by atoms with Crippen molar-refractivity contribution in [1.29, 1.82) is 0 Å². The van der Waals surface area contributed by atoms with Crippen molar-refractivity contribution in [3.05, 3.63) is 164 Å². The number of hydrogen-bond donors (Lipinski definition) is 0. The summed E-state index contributed by atoms with van der Waals surface area (Å²) in [7, 11) is 0. The van der Waals surface area contributed by atoms with Crippen LogP contribution in [-0.4, -0.2) is 19.9 Å². The van der Waals surface area contributed by atoms with Crippen LogP contribution in [0.15, 0.2) is 167 Å². The lowest BCUT2D eigenvalue weighted by Gasteiger charge is -2.11. The van der Waals surface area contributed by atoms with E-state index in [1.807, 2.05) is 54.7 Å². The number of fused-ring (bicyclic) bond motifs is 7. The number of hydrogen-bond acceptors (Lipinski definition) is 6. The van der Waals surface area contributed by atoms with Crippen LogP contribution in [0.1, 0.15) is 18.7 Å². The first-order valence-corrected chi connectivity index (χ1v) is 18.2. The second-order valence-electron chi connectivity index (χ2n) is 13.7. The lowest BCUT2D eigenvalue weighted by atomic mass is 9.96. The topological polar surface area (TPSA) is 77.8 Å². The number of pyridine rings is 1. The highest BCUT2D eigenvalue weighted by Gasteiger charge is 2.20. The zero-order chi connectivity index (χ0) is 35.6. The van der Waals surface area contributed by atoms with Crippen LogP contribution in [0.3, 0.4) is 0 Å². The van der Waals surface area contributed by atoms with Crippen LogP contribution in [0.5, 0.6) is 0 Å². The predicted molar refractivity (Wildman–Crippen MR) is 218 cm³/mol. The Hall–Kier alpha value is -7.18. The number of furan rings is 2. The van der Waals surface area contributed by atoms with Crippen molar-refractivity contribution in [2.45, 2.75) is 12.8 Å². The van der Waals surface area contributed by atoms with Gasteiger partial charge in [0.1, 0.15) is 22.3 Å². The molecule has 6 nitrogen and oxygen atoms in total. The molecular weight excluding hydrogens is 665 g/mol. The Morgan fingerprint density at radius 2 is 1.17 bits per heavy atom. The van der Waals surface area contributed by atoms with Crippen molar-refractivity contribution in [2.75, 3.05) is 0 Å². The van der Waals surface area contributed by atoms with Crippen LogP contribution < -0.4 is 0 Å². The van der Waals surface area contributed by atoms with E-state index in [9.17, 15) is 0 Å². The summed E-state index contributed by atoms with van der Waals surface area (Å²) in [6, 6.07) is 45.8. The van der Waals surface area contributed by atoms with Crippen LogP contribution in [0.25, 0.3) is 105 Å². The van der Waals surface area contributed by atoms with E-state index in [-0.39, 0.29) is 0 Å². The smallest absolute Gasteiger partial charge is 0.164 e. The summed E-state index contributed by atoms with van der Waals surface area (Å²) in [5, 5.41) is 5.26. The highest BCUT2D eigenvalue weighted by Crippen LogP contribution is 2.41. The molecular formula is C48H30N4O2. The van der Waals surface area contributed by atoms with Crippen molar-refractivity contribution < 1.29 is 8.83 Å². The molecule has 0 aliphatic heterocycles. The van der Waals surface area contributed by atoms with Gasteiger partial charge >= 0.3 is 0 Å². The van der Waals surface area contributed by atoms with E-state index < -0.39 is 0 Å². The van der Waals surface area contributed by atoms with Gasteiger partial charge in [-0.1, -0.05) is 115 Å². The summed E-state index contributed by atoms with van der Waals surface area (Å²) in [4.78, 5) is 19.8. The molecule has 0 radical (unpaired) electrons. The van der Waals surface area contributed by atoms with Gasteiger partial charge in [-0.15, -0.1) is 0 Å². The maximum absolute atomic E-state index is 6.70. The van der Waals surface area contributed by atoms with E-state index >= 15 is 0 Å². The third kappa shape index (κ3) is 4.95. The van der Waals surface area contributed by atoms with E-state index in [2.05, 4.69) is 108 Å². The van der Waals surface area contributed by atoms with Gasteiger partial charge in [0.15, 0.2) is 17.5 Å². The van der Waals surface area contributed by atoms with E-state index in [4.69, 9.17) is 23.8 Å². The molecule has 11 rings (SSSR count). The fraction of sp³-hybridized carbons (Fsp3) is 0.0417. The first-order valence-electron chi connectivity index (χ1n) is 18.2. The van der Waals surface area contributed by atoms with E-state index in [0.29, 0.717) is 17.5 Å². The van der Waals surface area contributed by atoms with Gasteiger partial charge in [-0.05, 0) is 65.9 Å². The molecule has 4 aromatic heterocycles. The molecule has 0 saturated carbocycles. The number of nitrogens with zero attached hydrogens (tertiary/aromatic N) is 4. The Balaban J connectivity index is 1.05. The quantitative estimate of drug-likeness (QED) is 0.178. The zero-order valence-electron chi connectivity index (χ0n) is 29.0. The molecule has 0 spiro atoms. The van der Waals surface area contributed by atoms with Crippen LogP contribution in [-0.2, 0) is 0 Å². The van der Waals surface area contributed by atoms with Crippen molar-refractivity contribution in [1.82, 2.24) is 19.9 Å². The molecule has 0 saturated heterocycles. The fourth-order valence-electron chi connectivity index (χ4n) is 7.84. The van der Waals surface area contributed by atoms with Crippen LogP contribution in [0.4, 0.5) is 0 Å². The van der Waals surface area contributed by atoms with E-state index in [1.165, 1.54) is 0 Å². The monoisotopic (exact) mass is 694 g/mol. The first-order chi connectivity index (χ1) is 26.7. The highest BCUT2D eigenvalue weighted by molar-refractivity contribution is 6.15. The van der Waals surface area contributed by atoms with Gasteiger partial charge in [-0.25, -0.2) is 15.0 Å². The van der Waals surface area contributed by atoms with E-state index in [1.54, 1.807) is 0 Å². The van der Waals surface area contributed by atoms with Crippen molar-refractivity contribution in [3.8, 4) is 45.0 Å². The molecule has 6 heteroatoms. The second-order valence-corrected chi connectivity index (χ2v) is 13.7. The van der Waals surface area contributed by atoms with Gasteiger partial charge in [-0.2, -0.15) is 0 Å². The third-order valence-electron chi connectivity index (χ3n) is 10.4. The molecule has 1 aliphatic rings. The van der Waals surface area contributed by atoms with Crippen LogP contribution in [0.2, 0.25) is 0 Å². The number of rotatable bonds is 5. The summed E-state index contributed by atoms with van der Waals surface area (Å²) in [5.74, 6) is 1.82.